The molecule has 2 heterocycles. The lowest BCUT2D eigenvalue weighted by Gasteiger charge is -2.08. The minimum atomic E-state index is 0.708. The summed E-state index contributed by atoms with van der Waals surface area (Å²) in [7, 11) is 7.58. The first-order valence-corrected chi connectivity index (χ1v) is 3.48. The van der Waals surface area contributed by atoms with Crippen molar-refractivity contribution in [1.82, 2.24) is 4.98 Å². The monoisotopic (exact) mass is 145 g/mol. The molecule has 4 heteroatoms. The van der Waals surface area contributed by atoms with Crippen LogP contribution in [0.4, 0.5) is 11.5 Å². The van der Waals surface area contributed by atoms with Gasteiger partial charge in [0, 0.05) is 13.2 Å². The van der Waals surface area contributed by atoms with Crippen LogP contribution in [0.3, 0.4) is 0 Å². The summed E-state index contributed by atoms with van der Waals surface area (Å²) in [6, 6.07) is 1.92. The van der Waals surface area contributed by atoms with Crippen molar-refractivity contribution in [2.75, 3.05) is 23.9 Å². The number of aromatic nitrogens is 1. The Kier molecular flexibility index (Phi) is 1.28. The van der Waals surface area contributed by atoms with Crippen LogP contribution in [0.15, 0.2) is 12.3 Å². The molecule has 0 saturated carbocycles. The van der Waals surface area contributed by atoms with Gasteiger partial charge in [0.05, 0.1) is 12.4 Å². The van der Waals surface area contributed by atoms with E-state index in [0.717, 1.165) is 18.2 Å². The minimum Gasteiger partial charge on any atom is -0.354 e. The van der Waals surface area contributed by atoms with E-state index in [9.17, 15) is 0 Å². The summed E-state index contributed by atoms with van der Waals surface area (Å²) >= 11 is 0. The first kappa shape index (κ1) is 6.52. The molecule has 3 nitrogen and oxygen atoms in total. The number of hydrogen-bond donors (Lipinski definition) is 1. The number of nitrogens with one attached hydrogen (secondary N) is 1. The standard InChI is InChI=1S/C7H8BN3/c1-11-4-10-7-6(11)2-5(8)3-9-7/h2-3H,4H2,1H3,(H,9,10). The summed E-state index contributed by atoms with van der Waals surface area (Å²) in [6.45, 7) is 0.811. The van der Waals surface area contributed by atoms with Gasteiger partial charge in [0.2, 0.25) is 0 Å². The van der Waals surface area contributed by atoms with Gasteiger partial charge in [-0.15, -0.1) is 0 Å². The fraction of sp³-hybridized carbons (Fsp3) is 0.286. The predicted molar refractivity (Wildman–Crippen MR) is 46.5 cm³/mol. The van der Waals surface area contributed by atoms with Crippen LogP contribution in [0.5, 0.6) is 0 Å². The average Bonchev–Trinajstić information content (AvgIpc) is 2.33. The summed E-state index contributed by atoms with van der Waals surface area (Å²) in [4.78, 5) is 6.20. The first-order valence-electron chi connectivity index (χ1n) is 3.48. The first-order chi connectivity index (χ1) is 5.27. The van der Waals surface area contributed by atoms with Crippen molar-refractivity contribution in [1.29, 1.82) is 0 Å². The van der Waals surface area contributed by atoms with Crippen molar-refractivity contribution in [3.63, 3.8) is 0 Å². The second-order valence-electron chi connectivity index (χ2n) is 2.67. The highest BCUT2D eigenvalue weighted by Crippen LogP contribution is 2.25. The Morgan fingerprint density at radius 3 is 3.36 bits per heavy atom. The molecule has 0 unspecified atom stereocenters. The Bertz CT molecular complexity index is 287. The van der Waals surface area contributed by atoms with E-state index >= 15 is 0 Å². The van der Waals surface area contributed by atoms with Crippen molar-refractivity contribution in [2.45, 2.75) is 0 Å². The minimum absolute atomic E-state index is 0.708. The zero-order chi connectivity index (χ0) is 7.84. The van der Waals surface area contributed by atoms with Gasteiger partial charge in [-0.2, -0.15) is 0 Å². The van der Waals surface area contributed by atoms with E-state index in [1.165, 1.54) is 0 Å². The molecule has 1 N–H and O–H groups in total. The Labute approximate surface area is 66.8 Å². The van der Waals surface area contributed by atoms with Gasteiger partial charge in [-0.1, -0.05) is 5.46 Å². The van der Waals surface area contributed by atoms with Gasteiger partial charge in [0.15, 0.2) is 5.82 Å². The molecule has 0 spiro atoms. The van der Waals surface area contributed by atoms with Gasteiger partial charge in [0.25, 0.3) is 0 Å². The van der Waals surface area contributed by atoms with Crippen LogP contribution in [0, 0.1) is 0 Å². The van der Waals surface area contributed by atoms with E-state index in [2.05, 4.69) is 15.2 Å². The Balaban J connectivity index is 2.52. The van der Waals surface area contributed by atoms with E-state index in [-0.39, 0.29) is 0 Å². The van der Waals surface area contributed by atoms with Crippen LogP contribution in [-0.4, -0.2) is 26.5 Å². The summed E-state index contributed by atoms with van der Waals surface area (Å²) in [6.07, 6.45) is 1.66. The molecule has 2 rings (SSSR count). The summed E-state index contributed by atoms with van der Waals surface area (Å²) in [5.41, 5.74) is 1.78. The maximum atomic E-state index is 5.58. The summed E-state index contributed by atoms with van der Waals surface area (Å²) in [5, 5.41) is 3.14. The molecule has 1 aromatic rings. The van der Waals surface area contributed by atoms with Crippen molar-refractivity contribution >= 4 is 24.8 Å². The van der Waals surface area contributed by atoms with Crippen molar-refractivity contribution in [3.05, 3.63) is 12.3 Å². The predicted octanol–water partition coefficient (Wildman–Crippen LogP) is -0.305. The van der Waals surface area contributed by atoms with Crippen LogP contribution in [0.2, 0.25) is 0 Å². The number of rotatable bonds is 0. The Morgan fingerprint density at radius 2 is 2.55 bits per heavy atom. The van der Waals surface area contributed by atoms with E-state index in [4.69, 9.17) is 7.85 Å². The molecular weight excluding hydrogens is 137 g/mol. The fourth-order valence-corrected chi connectivity index (χ4v) is 1.17. The largest absolute Gasteiger partial charge is 0.354 e. The third-order valence-corrected chi connectivity index (χ3v) is 1.78. The molecule has 2 radical (unpaired) electrons. The second kappa shape index (κ2) is 2.15. The Hall–Kier alpha value is -1.19. The van der Waals surface area contributed by atoms with E-state index in [0.29, 0.717) is 5.46 Å². The van der Waals surface area contributed by atoms with Crippen LogP contribution in [0.1, 0.15) is 0 Å². The molecule has 0 atom stereocenters. The third kappa shape index (κ3) is 0.945. The zero-order valence-corrected chi connectivity index (χ0v) is 6.33. The molecule has 0 fully saturated rings. The summed E-state index contributed by atoms with van der Waals surface area (Å²) in [5.74, 6) is 0.918. The maximum Gasteiger partial charge on any atom is 0.150 e. The third-order valence-electron chi connectivity index (χ3n) is 1.78. The van der Waals surface area contributed by atoms with E-state index in [1.807, 2.05) is 13.1 Å². The topological polar surface area (TPSA) is 28.2 Å². The van der Waals surface area contributed by atoms with Crippen LogP contribution in [0.25, 0.3) is 0 Å². The second-order valence-corrected chi connectivity index (χ2v) is 2.67. The molecule has 0 aromatic carbocycles. The normalized spacial score (nSPS) is 14.5. The van der Waals surface area contributed by atoms with E-state index < -0.39 is 0 Å². The highest BCUT2D eigenvalue weighted by molar-refractivity contribution is 6.32. The SMILES string of the molecule is [B]c1cnc2c(c1)N(C)CN2. The van der Waals surface area contributed by atoms with Crippen molar-refractivity contribution in [3.8, 4) is 0 Å². The van der Waals surface area contributed by atoms with Crippen LogP contribution in [-0.2, 0) is 0 Å². The highest BCUT2D eigenvalue weighted by atomic mass is 15.3. The van der Waals surface area contributed by atoms with Gasteiger partial charge in [-0.25, -0.2) is 4.98 Å². The number of nitrogens with zero attached hydrogens (tertiary/aromatic N) is 2. The molecule has 54 valence electrons. The van der Waals surface area contributed by atoms with Gasteiger partial charge in [0.1, 0.15) is 7.85 Å². The molecule has 11 heavy (non-hydrogen) atoms. The number of pyridine rings is 1. The molecule has 1 aliphatic heterocycles. The highest BCUT2D eigenvalue weighted by Gasteiger charge is 2.14. The Morgan fingerprint density at radius 1 is 1.73 bits per heavy atom. The van der Waals surface area contributed by atoms with E-state index in [1.54, 1.807) is 6.20 Å². The quantitative estimate of drug-likeness (QED) is 0.507. The van der Waals surface area contributed by atoms with Gasteiger partial charge < -0.3 is 10.2 Å². The molecule has 0 saturated heterocycles. The number of fused-ring (bicyclic) bond motifs is 1. The lowest BCUT2D eigenvalue weighted by Crippen LogP contribution is -2.16. The van der Waals surface area contributed by atoms with Gasteiger partial charge >= 0.3 is 0 Å². The fourth-order valence-electron chi connectivity index (χ4n) is 1.17. The van der Waals surface area contributed by atoms with Crippen molar-refractivity contribution in [2.24, 2.45) is 0 Å². The summed E-state index contributed by atoms with van der Waals surface area (Å²) < 4.78 is 0. The van der Waals surface area contributed by atoms with Crippen molar-refractivity contribution < 1.29 is 0 Å². The van der Waals surface area contributed by atoms with Gasteiger partial charge in [-0.3, -0.25) is 0 Å². The lowest BCUT2D eigenvalue weighted by atomic mass is 9.98. The molecule has 1 aromatic heterocycles. The average molecular weight is 145 g/mol. The maximum absolute atomic E-state index is 5.58. The smallest absolute Gasteiger partial charge is 0.150 e. The molecular formula is C7H8BN3. The van der Waals surface area contributed by atoms with Gasteiger partial charge in [-0.05, 0) is 6.07 Å². The zero-order valence-electron chi connectivity index (χ0n) is 6.33. The molecule has 0 amide bonds. The van der Waals surface area contributed by atoms with Crippen LogP contribution < -0.4 is 15.7 Å². The van der Waals surface area contributed by atoms with Crippen LogP contribution >= 0.6 is 0 Å². The number of anilines is 2. The molecule has 0 aliphatic carbocycles. The molecule has 1 aliphatic rings. The lowest BCUT2D eigenvalue weighted by molar-refractivity contribution is 1.03. The molecule has 0 bridgehead atoms. The number of hydrogen-bond acceptors (Lipinski definition) is 3.